The number of aromatic nitrogens is 2. The first-order valence-electron chi connectivity index (χ1n) is 18.0. The molecule has 12 heteroatoms. The van der Waals surface area contributed by atoms with Gasteiger partial charge in [0.25, 0.3) is 0 Å². The number of nitrogens with one attached hydrogen (secondary N) is 3. The van der Waals surface area contributed by atoms with Crippen molar-refractivity contribution < 1.29 is 28.3 Å². The SMILES string of the molecule is CC(C)C(O)C(=O)NC1Cc2ccc3c(c2)C24c5cc(Br)cc(c5NC2O3)-c2cccc3c2C(=CC3)c2cnc(o2)-c2nc(oc24)C(C(C)C)NC1=O. The Morgan fingerprint density at radius 2 is 1.91 bits per heavy atom. The molecule has 2 aromatic heterocycles. The van der Waals surface area contributed by atoms with Gasteiger partial charge in [-0.25, -0.2) is 9.97 Å². The molecule has 5 aliphatic rings. The molecule has 0 saturated carbocycles. The summed E-state index contributed by atoms with van der Waals surface area (Å²) in [7, 11) is 0. The summed E-state index contributed by atoms with van der Waals surface area (Å²) in [6, 6.07) is 14.8. The first-order valence-corrected chi connectivity index (χ1v) is 18.8. The second kappa shape index (κ2) is 11.4. The van der Waals surface area contributed by atoms with Crippen molar-refractivity contribution in [2.75, 3.05) is 5.32 Å². The van der Waals surface area contributed by atoms with E-state index in [0.29, 0.717) is 23.0 Å². The molecule has 5 aromatic rings. The van der Waals surface area contributed by atoms with E-state index in [0.717, 1.165) is 55.5 Å². The van der Waals surface area contributed by atoms with Crippen LogP contribution in [0.15, 0.2) is 74.1 Å². The second-order valence-electron chi connectivity index (χ2n) is 15.3. The Morgan fingerprint density at radius 3 is 2.72 bits per heavy atom. The lowest BCUT2D eigenvalue weighted by atomic mass is 9.72. The number of anilines is 1. The van der Waals surface area contributed by atoms with Gasteiger partial charge in [0.2, 0.25) is 23.6 Å². The topological polar surface area (TPSA) is 152 Å². The minimum absolute atomic E-state index is 0.166. The number of carbonyl (C=O) groups excluding carboxylic acids is 2. The minimum Gasteiger partial charge on any atom is -0.469 e. The highest BCUT2D eigenvalue weighted by atomic mass is 79.9. The van der Waals surface area contributed by atoms with Gasteiger partial charge in [-0.3, -0.25) is 9.59 Å². The maximum atomic E-state index is 14.2. The van der Waals surface area contributed by atoms with E-state index in [-0.39, 0.29) is 30.0 Å². The molecule has 5 unspecified atom stereocenters. The van der Waals surface area contributed by atoms with Crippen LogP contribution in [0.2, 0.25) is 0 Å². The van der Waals surface area contributed by atoms with Crippen LogP contribution in [0.3, 0.4) is 0 Å². The number of ether oxygens (including phenoxy) is 1. The number of rotatable bonds is 4. The number of allylic oxidation sites excluding steroid dienone is 1. The van der Waals surface area contributed by atoms with Gasteiger partial charge in [0.1, 0.15) is 29.4 Å². The third kappa shape index (κ3) is 4.54. The van der Waals surface area contributed by atoms with Crippen molar-refractivity contribution in [3.05, 3.63) is 111 Å². The predicted molar refractivity (Wildman–Crippen MR) is 199 cm³/mol. The van der Waals surface area contributed by atoms with E-state index in [9.17, 15) is 14.7 Å². The van der Waals surface area contributed by atoms with Crippen LogP contribution >= 0.6 is 15.9 Å². The first-order chi connectivity index (χ1) is 25.5. The quantitative estimate of drug-likeness (QED) is 0.162. The number of aliphatic hydroxyl groups excluding tert-OH is 1. The molecule has 0 saturated heterocycles. The highest BCUT2D eigenvalue weighted by Crippen LogP contribution is 2.62. The lowest BCUT2D eigenvalue weighted by Crippen LogP contribution is -2.52. The summed E-state index contributed by atoms with van der Waals surface area (Å²) in [5, 5.41) is 20.4. The van der Waals surface area contributed by atoms with Crippen LogP contribution < -0.4 is 20.7 Å². The molecule has 10 rings (SSSR count). The fourth-order valence-electron chi connectivity index (χ4n) is 8.69. The lowest BCUT2D eigenvalue weighted by Gasteiger charge is -2.29. The number of nitrogens with zero attached hydrogens (tertiary/aromatic N) is 2. The van der Waals surface area contributed by atoms with Gasteiger partial charge in [0.05, 0.1) is 6.20 Å². The summed E-state index contributed by atoms with van der Waals surface area (Å²) in [6.07, 6.45) is 2.92. The number of carbonyl (C=O) groups is 2. The predicted octanol–water partition coefficient (Wildman–Crippen LogP) is 6.41. The molecule has 6 heterocycles. The van der Waals surface area contributed by atoms with Gasteiger partial charge in [-0.2, -0.15) is 0 Å². The zero-order valence-corrected chi connectivity index (χ0v) is 31.0. The molecule has 268 valence electrons. The third-order valence-electron chi connectivity index (χ3n) is 11.3. The van der Waals surface area contributed by atoms with Gasteiger partial charge < -0.3 is 34.6 Å². The van der Waals surface area contributed by atoms with E-state index in [4.69, 9.17) is 23.5 Å². The maximum absolute atomic E-state index is 14.2. The number of fused-ring (bicyclic) bond motifs is 7. The summed E-state index contributed by atoms with van der Waals surface area (Å²) < 4.78 is 21.4. The standard InChI is InChI=1S/C41H36BrN5O6/c1-17(2)31-39-46-33-35(53-39)41-25-12-19(13-27(36(49)45-31)44-37(50)34(48)18(3)4)8-11-28(25)52-40(41)47-32-24(14-21(42)15-26(32)41)22-7-5-6-20-9-10-23(30(20)22)29-16-43-38(33)51-29/h5-8,10-12,14-18,27,31,34,40,47-48H,9,13H2,1-4H3,(H,44,50)(H,45,49). The molecule has 53 heavy (non-hydrogen) atoms. The number of hydrogen-bond donors (Lipinski definition) is 4. The molecular weight excluding hydrogens is 738 g/mol. The zero-order chi connectivity index (χ0) is 36.5. The van der Waals surface area contributed by atoms with E-state index in [1.807, 2.05) is 32.0 Å². The minimum atomic E-state index is -1.28. The number of amides is 2. The molecule has 0 radical (unpaired) electrons. The summed E-state index contributed by atoms with van der Waals surface area (Å²) in [5.41, 5.74) is 8.06. The highest BCUT2D eigenvalue weighted by molar-refractivity contribution is 9.10. The van der Waals surface area contributed by atoms with Crippen LogP contribution in [0.5, 0.6) is 5.75 Å². The molecular formula is C41H36BrN5O6. The Hall–Kier alpha value is -5.20. The van der Waals surface area contributed by atoms with Crippen LogP contribution in [-0.4, -0.2) is 45.3 Å². The second-order valence-corrected chi connectivity index (χ2v) is 16.2. The van der Waals surface area contributed by atoms with Gasteiger partial charge >= 0.3 is 0 Å². The van der Waals surface area contributed by atoms with Crippen LogP contribution in [0, 0.1) is 11.8 Å². The molecule has 1 aliphatic carbocycles. The van der Waals surface area contributed by atoms with Crippen molar-refractivity contribution in [1.82, 2.24) is 20.6 Å². The average molecular weight is 775 g/mol. The number of benzene rings is 3. The number of oxazole rings is 2. The lowest BCUT2D eigenvalue weighted by molar-refractivity contribution is -0.135. The zero-order valence-electron chi connectivity index (χ0n) is 29.4. The van der Waals surface area contributed by atoms with Crippen molar-refractivity contribution in [2.24, 2.45) is 11.8 Å². The number of halogens is 1. The molecule has 5 atom stereocenters. The maximum Gasteiger partial charge on any atom is 0.249 e. The Kier molecular flexibility index (Phi) is 6.98. The molecule has 3 aromatic carbocycles. The molecule has 2 amide bonds. The summed E-state index contributed by atoms with van der Waals surface area (Å²) in [5.74, 6) is 0.760. The third-order valence-corrected chi connectivity index (χ3v) is 11.8. The van der Waals surface area contributed by atoms with Crippen molar-refractivity contribution in [3.63, 3.8) is 0 Å². The molecule has 10 bridgehead atoms. The highest BCUT2D eigenvalue weighted by Gasteiger charge is 2.62. The summed E-state index contributed by atoms with van der Waals surface area (Å²) >= 11 is 3.89. The summed E-state index contributed by atoms with van der Waals surface area (Å²) in [4.78, 5) is 37.4. The van der Waals surface area contributed by atoms with Gasteiger partial charge in [0.15, 0.2) is 23.4 Å². The first kappa shape index (κ1) is 32.5. The van der Waals surface area contributed by atoms with Gasteiger partial charge in [-0.15, -0.1) is 0 Å². The average Bonchev–Trinajstić information content (AvgIpc) is 3.95. The largest absolute Gasteiger partial charge is 0.469 e. The normalized spacial score (nSPS) is 23.2. The fraction of sp³-hybridized carbons (Fsp3) is 0.317. The number of hydrogen-bond acceptors (Lipinski definition) is 9. The van der Waals surface area contributed by atoms with E-state index < -0.39 is 41.6 Å². The van der Waals surface area contributed by atoms with Gasteiger partial charge in [0, 0.05) is 38.8 Å². The van der Waals surface area contributed by atoms with Crippen molar-refractivity contribution >= 4 is 39.0 Å². The van der Waals surface area contributed by atoms with Crippen molar-refractivity contribution in [2.45, 2.75) is 70.4 Å². The Balaban J connectivity index is 1.28. The molecule has 1 spiro atoms. The monoisotopic (exact) mass is 773 g/mol. The van der Waals surface area contributed by atoms with Gasteiger partial charge in [-0.1, -0.05) is 80.0 Å². The van der Waals surface area contributed by atoms with E-state index in [1.165, 1.54) is 5.56 Å². The van der Waals surface area contributed by atoms with E-state index >= 15 is 0 Å². The van der Waals surface area contributed by atoms with Crippen LogP contribution in [-0.2, 0) is 27.8 Å². The fourth-order valence-corrected chi connectivity index (χ4v) is 9.15. The van der Waals surface area contributed by atoms with Gasteiger partial charge in [-0.05, 0) is 58.7 Å². The molecule has 11 nitrogen and oxygen atoms in total. The van der Waals surface area contributed by atoms with E-state index in [1.54, 1.807) is 20.0 Å². The van der Waals surface area contributed by atoms with E-state index in [2.05, 4.69) is 68.3 Å². The Bertz CT molecular complexity index is 2450. The van der Waals surface area contributed by atoms with Crippen LogP contribution in [0.25, 0.3) is 28.3 Å². The van der Waals surface area contributed by atoms with Crippen LogP contribution in [0.4, 0.5) is 5.69 Å². The van der Waals surface area contributed by atoms with Crippen molar-refractivity contribution in [3.8, 4) is 28.5 Å². The molecule has 4 N–H and O–H groups in total. The smallest absolute Gasteiger partial charge is 0.249 e. The Morgan fingerprint density at radius 1 is 1.06 bits per heavy atom. The Labute approximate surface area is 313 Å². The molecule has 0 fully saturated rings. The summed E-state index contributed by atoms with van der Waals surface area (Å²) in [6.45, 7) is 7.45. The van der Waals surface area contributed by atoms with Crippen LogP contribution in [0.1, 0.15) is 79.0 Å². The van der Waals surface area contributed by atoms with Crippen molar-refractivity contribution in [1.29, 1.82) is 0 Å². The number of aliphatic hydroxyl groups is 1. The molecule has 4 aliphatic heterocycles.